The van der Waals surface area contributed by atoms with E-state index in [1.165, 1.54) is 11.1 Å². The van der Waals surface area contributed by atoms with Gasteiger partial charge in [0.25, 0.3) is 0 Å². The Bertz CT molecular complexity index is 2020. The zero-order valence-corrected chi connectivity index (χ0v) is 27.6. The molecule has 0 saturated heterocycles. The molecule has 6 heterocycles. The summed E-state index contributed by atoms with van der Waals surface area (Å²) in [5, 5.41) is 14.8. The smallest absolute Gasteiger partial charge is 0.176 e. The summed E-state index contributed by atoms with van der Waals surface area (Å²) in [4.78, 5) is 35.6. The van der Waals surface area contributed by atoms with E-state index in [9.17, 15) is 4.79 Å². The number of hydrogen-bond donors (Lipinski definition) is 4. The second-order valence-electron chi connectivity index (χ2n) is 14.6. The van der Waals surface area contributed by atoms with E-state index >= 15 is 0 Å². The van der Waals surface area contributed by atoms with Crippen LogP contribution < -0.4 is 9.80 Å². The molecule has 8 rings (SSSR count). The number of fused-ring (bicyclic) bond motifs is 4. The Labute approximate surface area is 267 Å². The third kappa shape index (κ3) is 4.28. The molecule has 2 aromatic carbocycles. The minimum Gasteiger partial charge on any atom is -0.361 e. The van der Waals surface area contributed by atoms with Gasteiger partial charge in [0, 0.05) is 46.7 Å². The first-order valence-corrected chi connectivity index (χ1v) is 16.0. The molecule has 0 aliphatic carbocycles. The number of nitrogens with one attached hydrogen (secondary N) is 4. The summed E-state index contributed by atoms with van der Waals surface area (Å²) in [7, 11) is 0. The lowest BCUT2D eigenvalue weighted by molar-refractivity contribution is -0.121. The van der Waals surface area contributed by atoms with Crippen molar-refractivity contribution in [2.75, 3.05) is 22.9 Å². The maximum absolute atomic E-state index is 14.4. The van der Waals surface area contributed by atoms with Crippen molar-refractivity contribution < 1.29 is 4.79 Å². The Morgan fingerprint density at radius 1 is 0.696 bits per heavy atom. The fourth-order valence-corrected chi connectivity index (χ4v) is 7.51. The van der Waals surface area contributed by atoms with E-state index < -0.39 is 0 Å². The number of hydrogen-bond acceptors (Lipinski definition) is 7. The topological polar surface area (TPSA) is 138 Å². The van der Waals surface area contributed by atoms with Gasteiger partial charge < -0.3 is 19.8 Å². The van der Waals surface area contributed by atoms with Crippen LogP contribution in [-0.2, 0) is 15.6 Å². The van der Waals surface area contributed by atoms with E-state index in [0.717, 1.165) is 81.0 Å². The second kappa shape index (κ2) is 9.54. The number of Topliss-reactive ketones (excluding diaryl/α,β-unsaturated/α-hetero) is 1. The standard InChI is InChI=1S/C35H40N10O/c1-17-9-27(42-40-17)32-36-23-11-21-29(13-25(23)38-32)44(15-34(21,5)6)19(3)31(46)20(4)45-16-35(7,8)22-12-24-26(14-30(22)45)39-33(37-24)28-10-18(2)41-43-28/h9-14,19-20H,15-16H2,1-8H3,(H,36,38)(H,37,39)(H,40,42)(H,41,43). The van der Waals surface area contributed by atoms with Crippen LogP contribution in [0.1, 0.15) is 64.1 Å². The molecule has 0 saturated carbocycles. The number of nitrogens with zero attached hydrogens (tertiary/aromatic N) is 6. The van der Waals surface area contributed by atoms with Crippen LogP contribution in [0.5, 0.6) is 0 Å². The van der Waals surface area contributed by atoms with Gasteiger partial charge in [-0.25, -0.2) is 9.97 Å². The maximum Gasteiger partial charge on any atom is 0.176 e. The number of benzene rings is 2. The molecule has 46 heavy (non-hydrogen) atoms. The lowest BCUT2D eigenvalue weighted by atomic mass is 9.87. The van der Waals surface area contributed by atoms with E-state index in [4.69, 9.17) is 9.97 Å². The summed E-state index contributed by atoms with van der Waals surface area (Å²) in [6.45, 7) is 18.6. The summed E-state index contributed by atoms with van der Waals surface area (Å²) < 4.78 is 0. The summed E-state index contributed by atoms with van der Waals surface area (Å²) in [5.74, 6) is 1.66. The molecule has 0 fully saturated rings. The lowest BCUT2D eigenvalue weighted by Gasteiger charge is -2.34. The molecule has 11 heteroatoms. The van der Waals surface area contributed by atoms with Gasteiger partial charge in [0.1, 0.15) is 11.4 Å². The van der Waals surface area contributed by atoms with Crippen molar-refractivity contribution in [3.63, 3.8) is 0 Å². The van der Waals surface area contributed by atoms with Crippen LogP contribution in [0.2, 0.25) is 0 Å². The van der Waals surface area contributed by atoms with Crippen molar-refractivity contribution in [3.8, 4) is 23.0 Å². The van der Waals surface area contributed by atoms with Crippen LogP contribution in [0.3, 0.4) is 0 Å². The largest absolute Gasteiger partial charge is 0.361 e. The third-order valence-electron chi connectivity index (χ3n) is 10.1. The number of aromatic amines is 4. The van der Waals surface area contributed by atoms with E-state index in [1.807, 2.05) is 39.8 Å². The highest BCUT2D eigenvalue weighted by Crippen LogP contribution is 2.46. The number of carbonyl (C=O) groups is 1. The summed E-state index contributed by atoms with van der Waals surface area (Å²) in [5.41, 5.74) is 11.6. The van der Waals surface area contributed by atoms with Crippen LogP contribution in [0, 0.1) is 13.8 Å². The fraction of sp³-hybridized carbons (Fsp3) is 0.400. The number of ketones is 1. The predicted molar refractivity (Wildman–Crippen MR) is 181 cm³/mol. The molecule has 4 aromatic heterocycles. The van der Waals surface area contributed by atoms with Gasteiger partial charge in [-0.2, -0.15) is 10.2 Å². The molecule has 6 aromatic rings. The van der Waals surface area contributed by atoms with Crippen molar-refractivity contribution in [1.82, 2.24) is 40.3 Å². The summed E-state index contributed by atoms with van der Waals surface area (Å²) >= 11 is 0. The minimum absolute atomic E-state index is 0.131. The molecular weight excluding hydrogens is 576 g/mol. The maximum atomic E-state index is 14.4. The molecule has 2 atom stereocenters. The van der Waals surface area contributed by atoms with Gasteiger partial charge in [-0.1, -0.05) is 27.7 Å². The summed E-state index contributed by atoms with van der Waals surface area (Å²) in [6, 6.07) is 12.0. The Balaban J connectivity index is 1.11. The molecule has 2 aliphatic heterocycles. The SMILES string of the molecule is Cc1cc(-c2nc3cc4c(cc3[nH]2)C(C)(C)CN4C(C)C(=O)C(C)N2CC(C)(C)c3cc4[nH]c(-c5cc(C)[nH]n5)nc4cc32)n[nH]1. The number of rotatable bonds is 6. The van der Waals surface area contributed by atoms with Crippen LogP contribution in [0.25, 0.3) is 45.1 Å². The zero-order chi connectivity index (χ0) is 32.3. The van der Waals surface area contributed by atoms with E-state index in [1.54, 1.807) is 0 Å². The normalized spacial score (nSPS) is 18.0. The molecule has 0 amide bonds. The van der Waals surface area contributed by atoms with Gasteiger partial charge in [0.05, 0.1) is 34.2 Å². The van der Waals surface area contributed by atoms with Crippen LogP contribution in [-0.4, -0.2) is 71.3 Å². The van der Waals surface area contributed by atoms with Gasteiger partial charge in [0.2, 0.25) is 0 Å². The highest BCUT2D eigenvalue weighted by molar-refractivity contribution is 5.97. The van der Waals surface area contributed by atoms with Crippen LogP contribution in [0.15, 0.2) is 36.4 Å². The molecule has 11 nitrogen and oxygen atoms in total. The number of anilines is 2. The number of aromatic nitrogens is 8. The monoisotopic (exact) mass is 616 g/mol. The molecule has 2 aliphatic rings. The van der Waals surface area contributed by atoms with Crippen molar-refractivity contribution in [2.45, 2.75) is 78.3 Å². The Morgan fingerprint density at radius 3 is 1.48 bits per heavy atom. The molecular formula is C35H40N10O. The average molecular weight is 617 g/mol. The van der Waals surface area contributed by atoms with E-state index in [0.29, 0.717) is 0 Å². The molecule has 0 bridgehead atoms. The highest BCUT2D eigenvalue weighted by atomic mass is 16.1. The Hall–Kier alpha value is -4.93. The average Bonchev–Trinajstić information content (AvgIpc) is 3.85. The lowest BCUT2D eigenvalue weighted by Crippen LogP contribution is -2.50. The van der Waals surface area contributed by atoms with Gasteiger partial charge >= 0.3 is 0 Å². The third-order valence-corrected chi connectivity index (χ3v) is 10.1. The van der Waals surface area contributed by atoms with E-state index in [2.05, 4.69) is 92.1 Å². The number of imidazole rings is 2. The Morgan fingerprint density at radius 2 is 1.11 bits per heavy atom. The first kappa shape index (κ1) is 28.5. The van der Waals surface area contributed by atoms with Gasteiger partial charge in [0.15, 0.2) is 17.4 Å². The quantitative estimate of drug-likeness (QED) is 0.178. The van der Waals surface area contributed by atoms with Gasteiger partial charge in [-0.05, 0) is 75.2 Å². The fourth-order valence-electron chi connectivity index (χ4n) is 7.51. The number of aryl methyl sites for hydroxylation is 2. The van der Waals surface area contributed by atoms with E-state index in [-0.39, 0.29) is 28.7 Å². The Kier molecular flexibility index (Phi) is 5.92. The van der Waals surface area contributed by atoms with Gasteiger partial charge in [-0.15, -0.1) is 0 Å². The van der Waals surface area contributed by atoms with Crippen molar-refractivity contribution >= 4 is 39.2 Å². The van der Waals surface area contributed by atoms with Crippen LogP contribution in [0.4, 0.5) is 11.4 Å². The minimum atomic E-state index is -0.323. The predicted octanol–water partition coefficient (Wildman–Crippen LogP) is 6.08. The van der Waals surface area contributed by atoms with Gasteiger partial charge in [-0.3, -0.25) is 15.0 Å². The number of H-pyrrole nitrogens is 4. The number of carbonyl (C=O) groups excluding carboxylic acids is 1. The molecule has 2 unspecified atom stereocenters. The molecule has 0 radical (unpaired) electrons. The zero-order valence-electron chi connectivity index (χ0n) is 27.6. The highest BCUT2D eigenvalue weighted by Gasteiger charge is 2.44. The van der Waals surface area contributed by atoms with Crippen LogP contribution >= 0.6 is 0 Å². The first-order chi connectivity index (χ1) is 21.8. The summed E-state index contributed by atoms with van der Waals surface area (Å²) in [6.07, 6.45) is 0. The molecule has 236 valence electrons. The van der Waals surface area contributed by atoms with Crippen molar-refractivity contribution in [3.05, 3.63) is 58.9 Å². The second-order valence-corrected chi connectivity index (χ2v) is 14.6. The molecule has 4 N–H and O–H groups in total. The first-order valence-electron chi connectivity index (χ1n) is 16.0. The van der Waals surface area contributed by atoms with Crippen molar-refractivity contribution in [2.24, 2.45) is 0 Å². The van der Waals surface area contributed by atoms with Crippen molar-refractivity contribution in [1.29, 1.82) is 0 Å². The molecule has 0 spiro atoms.